The average molecular weight is 264 g/mol. The molecular weight excluding hydrogens is 242 g/mol. The Morgan fingerprint density at radius 3 is 2.59 bits per heavy atom. The molecule has 100 valence electrons. The molecule has 6 heteroatoms. The molecule has 0 aromatic heterocycles. The number of hydrogen-bond acceptors (Lipinski definition) is 3. The third kappa shape index (κ3) is 5.89. The van der Waals surface area contributed by atoms with Gasteiger partial charge in [0.2, 0.25) is 11.8 Å². The van der Waals surface area contributed by atoms with E-state index < -0.39 is 0 Å². The van der Waals surface area contributed by atoms with E-state index in [0.717, 1.165) is 25.8 Å². The summed E-state index contributed by atoms with van der Waals surface area (Å²) < 4.78 is 0. The second kappa shape index (κ2) is 8.31. The fourth-order valence-electron chi connectivity index (χ4n) is 1.72. The predicted molar refractivity (Wildman–Crippen MR) is 69.2 cm³/mol. The molecule has 0 aromatic carbocycles. The molecule has 0 spiro atoms. The van der Waals surface area contributed by atoms with Crippen molar-refractivity contribution in [1.82, 2.24) is 15.5 Å². The molecule has 1 heterocycles. The maximum atomic E-state index is 11.7. The molecule has 1 saturated heterocycles. The van der Waals surface area contributed by atoms with Gasteiger partial charge in [0.1, 0.15) is 0 Å². The van der Waals surface area contributed by atoms with Crippen molar-refractivity contribution in [3.8, 4) is 0 Å². The maximum Gasteiger partial charge on any atom is 0.237 e. The molecule has 1 atom stereocenters. The molecule has 0 radical (unpaired) electrons. The van der Waals surface area contributed by atoms with E-state index in [9.17, 15) is 9.59 Å². The van der Waals surface area contributed by atoms with E-state index in [1.807, 2.05) is 0 Å². The first-order chi connectivity index (χ1) is 7.61. The largest absolute Gasteiger partial charge is 0.354 e. The van der Waals surface area contributed by atoms with Crippen molar-refractivity contribution in [1.29, 1.82) is 0 Å². The van der Waals surface area contributed by atoms with Crippen molar-refractivity contribution in [2.45, 2.75) is 31.7 Å². The van der Waals surface area contributed by atoms with Gasteiger partial charge in [-0.25, -0.2) is 0 Å². The Labute approximate surface area is 109 Å². The van der Waals surface area contributed by atoms with Crippen LogP contribution >= 0.6 is 12.4 Å². The minimum Gasteiger partial charge on any atom is -0.354 e. The normalized spacial score (nSPS) is 19.1. The number of nitrogens with zero attached hydrogens (tertiary/aromatic N) is 1. The lowest BCUT2D eigenvalue weighted by Crippen LogP contribution is -2.47. The molecule has 2 N–H and O–H groups in total. The summed E-state index contributed by atoms with van der Waals surface area (Å²) in [7, 11) is 3.43. The van der Waals surface area contributed by atoms with E-state index in [4.69, 9.17) is 0 Å². The number of hydrogen-bond donors (Lipinski definition) is 2. The van der Waals surface area contributed by atoms with Crippen LogP contribution in [0, 0.1) is 0 Å². The summed E-state index contributed by atoms with van der Waals surface area (Å²) in [5.74, 6) is 0.0585. The van der Waals surface area contributed by atoms with Gasteiger partial charge >= 0.3 is 0 Å². The highest BCUT2D eigenvalue weighted by Crippen LogP contribution is 2.06. The summed E-state index contributed by atoms with van der Waals surface area (Å²) in [6.07, 6.45) is 3.50. The smallest absolute Gasteiger partial charge is 0.237 e. The first-order valence-electron chi connectivity index (χ1n) is 5.82. The van der Waals surface area contributed by atoms with Crippen LogP contribution in [0.4, 0.5) is 0 Å². The van der Waals surface area contributed by atoms with E-state index in [-0.39, 0.29) is 30.3 Å². The zero-order valence-corrected chi connectivity index (χ0v) is 11.3. The highest BCUT2D eigenvalue weighted by Gasteiger charge is 2.19. The number of carbonyl (C=O) groups excluding carboxylic acids is 2. The molecule has 1 aliphatic heterocycles. The van der Waals surface area contributed by atoms with Gasteiger partial charge < -0.3 is 15.5 Å². The van der Waals surface area contributed by atoms with Crippen LogP contribution in [0.5, 0.6) is 0 Å². The van der Waals surface area contributed by atoms with Crippen LogP contribution in [0.15, 0.2) is 0 Å². The maximum absolute atomic E-state index is 11.7. The highest BCUT2D eigenvalue weighted by molar-refractivity contribution is 5.85. The number of halogens is 1. The van der Waals surface area contributed by atoms with Gasteiger partial charge in [0, 0.05) is 27.1 Å². The minimum absolute atomic E-state index is 0. The first-order valence-corrected chi connectivity index (χ1v) is 5.82. The Bertz CT molecular complexity index is 253. The number of nitrogens with one attached hydrogen (secondary N) is 2. The average Bonchev–Trinajstić information content (AvgIpc) is 2.29. The van der Waals surface area contributed by atoms with Crippen LogP contribution in [0.25, 0.3) is 0 Å². The van der Waals surface area contributed by atoms with Crippen LogP contribution in [-0.4, -0.2) is 49.9 Å². The fraction of sp³-hybridized carbons (Fsp3) is 0.818. The lowest BCUT2D eigenvalue weighted by Gasteiger charge is -2.22. The van der Waals surface area contributed by atoms with Gasteiger partial charge in [-0.3, -0.25) is 9.59 Å². The monoisotopic (exact) mass is 263 g/mol. The zero-order valence-electron chi connectivity index (χ0n) is 10.5. The van der Waals surface area contributed by atoms with Gasteiger partial charge in [-0.1, -0.05) is 6.42 Å². The molecule has 17 heavy (non-hydrogen) atoms. The molecule has 1 rings (SSSR count). The molecule has 2 amide bonds. The third-order valence-electron chi connectivity index (χ3n) is 2.76. The summed E-state index contributed by atoms with van der Waals surface area (Å²) in [5.41, 5.74) is 0. The van der Waals surface area contributed by atoms with Crippen molar-refractivity contribution in [2.75, 3.05) is 27.2 Å². The van der Waals surface area contributed by atoms with Crippen LogP contribution in [0.1, 0.15) is 25.7 Å². The summed E-state index contributed by atoms with van der Waals surface area (Å²) in [5, 5.41) is 5.96. The molecule has 5 nitrogen and oxygen atoms in total. The topological polar surface area (TPSA) is 61.4 Å². The number of piperidine rings is 1. The van der Waals surface area contributed by atoms with Gasteiger partial charge in [0.25, 0.3) is 0 Å². The van der Waals surface area contributed by atoms with Crippen LogP contribution < -0.4 is 10.6 Å². The lowest BCUT2D eigenvalue weighted by molar-refractivity contribution is -0.128. The SMILES string of the molecule is CN(C)C(=O)CCNC(=O)[C@@H]1CCCCN1.Cl. The predicted octanol–water partition coefficient (Wildman–Crippen LogP) is 0.145. The van der Waals surface area contributed by atoms with Crippen molar-refractivity contribution in [3.63, 3.8) is 0 Å². The van der Waals surface area contributed by atoms with Gasteiger partial charge in [0.15, 0.2) is 0 Å². The summed E-state index contributed by atoms with van der Waals surface area (Å²) >= 11 is 0. The van der Waals surface area contributed by atoms with Crippen molar-refractivity contribution >= 4 is 24.2 Å². The van der Waals surface area contributed by atoms with E-state index in [0.29, 0.717) is 13.0 Å². The van der Waals surface area contributed by atoms with E-state index in [1.165, 1.54) is 4.90 Å². The Hall–Kier alpha value is -0.810. The number of carbonyl (C=O) groups is 2. The second-order valence-corrected chi connectivity index (χ2v) is 4.33. The molecule has 0 bridgehead atoms. The summed E-state index contributed by atoms with van der Waals surface area (Å²) in [4.78, 5) is 24.4. The van der Waals surface area contributed by atoms with Gasteiger partial charge in [-0.05, 0) is 19.4 Å². The van der Waals surface area contributed by atoms with E-state index in [2.05, 4.69) is 10.6 Å². The number of rotatable bonds is 4. The Balaban J connectivity index is 0.00000256. The molecule has 0 unspecified atom stereocenters. The van der Waals surface area contributed by atoms with Crippen molar-refractivity contribution in [2.24, 2.45) is 0 Å². The Morgan fingerprint density at radius 2 is 2.06 bits per heavy atom. The minimum atomic E-state index is -0.0665. The van der Waals surface area contributed by atoms with Gasteiger partial charge in [-0.2, -0.15) is 0 Å². The summed E-state index contributed by atoms with van der Waals surface area (Å²) in [6, 6.07) is -0.0665. The van der Waals surface area contributed by atoms with Crippen LogP contribution in [-0.2, 0) is 9.59 Å². The zero-order chi connectivity index (χ0) is 12.0. The standard InChI is InChI=1S/C11H21N3O2.ClH/c1-14(2)10(15)6-8-13-11(16)9-5-3-4-7-12-9;/h9,12H,3-8H2,1-2H3,(H,13,16);1H/t9-;/m0./s1. The third-order valence-corrected chi connectivity index (χ3v) is 2.76. The molecule has 0 aromatic rings. The van der Waals surface area contributed by atoms with Crippen molar-refractivity contribution in [3.05, 3.63) is 0 Å². The first kappa shape index (κ1) is 16.2. The van der Waals surface area contributed by atoms with Gasteiger partial charge in [-0.15, -0.1) is 12.4 Å². The summed E-state index contributed by atoms with van der Waals surface area (Å²) in [6.45, 7) is 1.34. The molecular formula is C11H22ClN3O2. The van der Waals surface area contributed by atoms with Gasteiger partial charge in [0.05, 0.1) is 6.04 Å². The molecule has 1 aliphatic rings. The highest BCUT2D eigenvalue weighted by atomic mass is 35.5. The van der Waals surface area contributed by atoms with Crippen LogP contribution in [0.2, 0.25) is 0 Å². The molecule has 0 saturated carbocycles. The Kier molecular flexibility index (Phi) is 7.91. The van der Waals surface area contributed by atoms with E-state index >= 15 is 0 Å². The van der Waals surface area contributed by atoms with Crippen LogP contribution in [0.3, 0.4) is 0 Å². The number of amides is 2. The quantitative estimate of drug-likeness (QED) is 0.759. The molecule has 1 fully saturated rings. The molecule has 0 aliphatic carbocycles. The Morgan fingerprint density at radius 1 is 1.35 bits per heavy atom. The van der Waals surface area contributed by atoms with E-state index in [1.54, 1.807) is 14.1 Å². The van der Waals surface area contributed by atoms with Crippen molar-refractivity contribution < 1.29 is 9.59 Å². The second-order valence-electron chi connectivity index (χ2n) is 4.33. The lowest BCUT2D eigenvalue weighted by atomic mass is 10.0. The fourth-order valence-corrected chi connectivity index (χ4v) is 1.72.